The van der Waals surface area contributed by atoms with Crippen LogP contribution in [0.25, 0.3) is 0 Å². The van der Waals surface area contributed by atoms with Gasteiger partial charge >= 0.3 is 6.03 Å². The number of benzene rings is 1. The highest BCUT2D eigenvalue weighted by Crippen LogP contribution is 2.35. The predicted octanol–water partition coefficient (Wildman–Crippen LogP) is 4.73. The van der Waals surface area contributed by atoms with E-state index >= 15 is 0 Å². The SMILES string of the molecule is CCCNC(=O)N(CCC(C)C)CC(=O)N1CCc2sccc2[C@@H]1COc1ccccc1OC. The molecule has 1 aliphatic rings. The van der Waals surface area contributed by atoms with E-state index in [1.807, 2.05) is 36.1 Å². The largest absolute Gasteiger partial charge is 0.493 e. The molecule has 1 aromatic heterocycles. The van der Waals surface area contributed by atoms with E-state index in [1.165, 1.54) is 4.88 Å². The van der Waals surface area contributed by atoms with Crippen molar-refractivity contribution in [2.24, 2.45) is 5.92 Å². The molecule has 1 N–H and O–H groups in total. The van der Waals surface area contributed by atoms with Gasteiger partial charge < -0.3 is 24.6 Å². The number of thiophene rings is 1. The number of rotatable bonds is 11. The molecule has 0 unspecified atom stereocenters. The third-order valence-corrected chi connectivity index (χ3v) is 6.99. The molecule has 2 heterocycles. The number of methoxy groups -OCH3 is 1. The van der Waals surface area contributed by atoms with E-state index < -0.39 is 0 Å². The van der Waals surface area contributed by atoms with Crippen LogP contribution in [-0.2, 0) is 11.2 Å². The van der Waals surface area contributed by atoms with Crippen LogP contribution in [-0.4, -0.2) is 61.6 Å². The Kier molecular flexibility index (Phi) is 9.62. The zero-order valence-electron chi connectivity index (χ0n) is 20.7. The standard InChI is InChI=1S/C26H37N3O4S/c1-5-13-27-26(31)28(14-10-19(2)3)17-25(30)29-15-11-24-20(12-16-34-24)21(29)18-33-23-9-7-6-8-22(23)32-4/h6-9,12,16,19,21H,5,10-11,13-15,17-18H2,1-4H3,(H,27,31)/t21-/m0/s1. The fourth-order valence-electron chi connectivity index (χ4n) is 4.05. The van der Waals surface area contributed by atoms with Crippen molar-refractivity contribution in [2.45, 2.75) is 46.1 Å². The number of amides is 3. The number of nitrogens with zero attached hydrogens (tertiary/aromatic N) is 2. The minimum absolute atomic E-state index is 0.0547. The fourth-order valence-corrected chi connectivity index (χ4v) is 4.97. The van der Waals surface area contributed by atoms with Gasteiger partial charge in [-0.25, -0.2) is 4.79 Å². The first-order chi connectivity index (χ1) is 16.4. The van der Waals surface area contributed by atoms with Crippen molar-refractivity contribution in [2.75, 3.05) is 39.9 Å². The average molecular weight is 488 g/mol. The summed E-state index contributed by atoms with van der Waals surface area (Å²) in [5, 5.41) is 5.00. The van der Waals surface area contributed by atoms with Gasteiger partial charge in [0.1, 0.15) is 13.2 Å². The number of urea groups is 1. The lowest BCUT2D eigenvalue weighted by Crippen LogP contribution is -2.50. The van der Waals surface area contributed by atoms with E-state index in [-0.39, 0.29) is 24.5 Å². The molecule has 0 fully saturated rings. The Morgan fingerprint density at radius 2 is 2.00 bits per heavy atom. The van der Waals surface area contributed by atoms with Crippen LogP contribution in [0, 0.1) is 5.92 Å². The molecule has 0 saturated carbocycles. The molecular formula is C26H37N3O4S. The molecule has 3 rings (SSSR count). The Morgan fingerprint density at radius 1 is 1.24 bits per heavy atom. The molecule has 3 amide bonds. The smallest absolute Gasteiger partial charge is 0.317 e. The van der Waals surface area contributed by atoms with Crippen molar-refractivity contribution >= 4 is 23.3 Å². The fraction of sp³-hybridized carbons (Fsp3) is 0.538. The van der Waals surface area contributed by atoms with E-state index in [0.29, 0.717) is 43.7 Å². The molecule has 0 spiro atoms. The molecule has 8 heteroatoms. The van der Waals surface area contributed by atoms with Crippen LogP contribution in [0.3, 0.4) is 0 Å². The number of carbonyl (C=O) groups is 2. The maximum Gasteiger partial charge on any atom is 0.317 e. The van der Waals surface area contributed by atoms with Crippen LogP contribution in [0.2, 0.25) is 0 Å². The number of ether oxygens (including phenoxy) is 2. The molecule has 0 aliphatic carbocycles. The Labute approximate surface area is 207 Å². The molecule has 34 heavy (non-hydrogen) atoms. The highest BCUT2D eigenvalue weighted by atomic mass is 32.1. The van der Waals surface area contributed by atoms with Gasteiger partial charge in [-0.2, -0.15) is 0 Å². The number of fused-ring (bicyclic) bond motifs is 1. The summed E-state index contributed by atoms with van der Waals surface area (Å²) in [5.74, 6) is 1.70. The lowest BCUT2D eigenvalue weighted by atomic mass is 10.0. The molecule has 2 aromatic rings. The van der Waals surface area contributed by atoms with Crippen LogP contribution >= 0.6 is 11.3 Å². The monoisotopic (exact) mass is 487 g/mol. The summed E-state index contributed by atoms with van der Waals surface area (Å²) < 4.78 is 11.6. The zero-order valence-corrected chi connectivity index (χ0v) is 21.5. The second-order valence-electron chi connectivity index (χ2n) is 8.95. The first-order valence-electron chi connectivity index (χ1n) is 12.1. The lowest BCUT2D eigenvalue weighted by Gasteiger charge is -2.37. The van der Waals surface area contributed by atoms with Gasteiger partial charge in [0, 0.05) is 24.5 Å². The summed E-state index contributed by atoms with van der Waals surface area (Å²) in [5.41, 5.74) is 1.13. The lowest BCUT2D eigenvalue weighted by molar-refractivity contribution is -0.135. The number of hydrogen-bond acceptors (Lipinski definition) is 5. The van der Waals surface area contributed by atoms with Crippen LogP contribution in [0.4, 0.5) is 4.79 Å². The van der Waals surface area contributed by atoms with Crippen molar-refractivity contribution in [3.05, 3.63) is 46.2 Å². The van der Waals surface area contributed by atoms with Crippen molar-refractivity contribution in [3.63, 3.8) is 0 Å². The summed E-state index contributed by atoms with van der Waals surface area (Å²) in [6.45, 7) is 8.41. The minimum Gasteiger partial charge on any atom is -0.493 e. The van der Waals surface area contributed by atoms with Gasteiger partial charge in [-0.05, 0) is 54.3 Å². The van der Waals surface area contributed by atoms with Gasteiger partial charge in [-0.1, -0.05) is 32.9 Å². The second kappa shape index (κ2) is 12.6. The maximum absolute atomic E-state index is 13.5. The highest BCUT2D eigenvalue weighted by molar-refractivity contribution is 7.10. The quantitative estimate of drug-likeness (QED) is 0.497. The molecule has 0 radical (unpaired) electrons. The topological polar surface area (TPSA) is 71.1 Å². The molecule has 7 nitrogen and oxygen atoms in total. The van der Waals surface area contributed by atoms with Gasteiger partial charge in [0.25, 0.3) is 0 Å². The van der Waals surface area contributed by atoms with Crippen molar-refractivity contribution < 1.29 is 19.1 Å². The molecule has 186 valence electrons. The third-order valence-electron chi connectivity index (χ3n) is 6.00. The van der Waals surface area contributed by atoms with Crippen LogP contribution in [0.15, 0.2) is 35.7 Å². The van der Waals surface area contributed by atoms with Gasteiger partial charge in [0.15, 0.2) is 11.5 Å². The molecule has 0 saturated heterocycles. The summed E-state index contributed by atoms with van der Waals surface area (Å²) >= 11 is 1.72. The van der Waals surface area contributed by atoms with E-state index in [0.717, 1.165) is 24.8 Å². The summed E-state index contributed by atoms with van der Waals surface area (Å²) in [4.78, 5) is 31.1. The normalized spacial score (nSPS) is 15.1. The number of carbonyl (C=O) groups excluding carboxylic acids is 2. The Balaban J connectivity index is 1.76. The van der Waals surface area contributed by atoms with Crippen molar-refractivity contribution in [1.29, 1.82) is 0 Å². The summed E-state index contributed by atoms with van der Waals surface area (Å²) in [6, 6.07) is 9.22. The van der Waals surface area contributed by atoms with Crippen LogP contribution in [0.5, 0.6) is 11.5 Å². The minimum atomic E-state index is -0.210. The van der Waals surface area contributed by atoms with Crippen LogP contribution in [0.1, 0.15) is 50.1 Å². The highest BCUT2D eigenvalue weighted by Gasteiger charge is 2.33. The number of hydrogen-bond donors (Lipinski definition) is 1. The third kappa shape index (κ3) is 6.65. The van der Waals surface area contributed by atoms with E-state index in [4.69, 9.17) is 9.47 Å². The van der Waals surface area contributed by atoms with Gasteiger partial charge in [0.05, 0.1) is 13.2 Å². The molecular weight excluding hydrogens is 450 g/mol. The summed E-state index contributed by atoms with van der Waals surface area (Å²) in [6.07, 6.45) is 2.52. The molecule has 1 aliphatic heterocycles. The van der Waals surface area contributed by atoms with Crippen LogP contribution < -0.4 is 14.8 Å². The predicted molar refractivity (Wildman–Crippen MR) is 136 cm³/mol. The first-order valence-corrected chi connectivity index (χ1v) is 13.0. The Bertz CT molecular complexity index is 946. The molecule has 1 aromatic carbocycles. The van der Waals surface area contributed by atoms with Crippen molar-refractivity contribution in [3.8, 4) is 11.5 Å². The molecule has 1 atom stereocenters. The Hall–Kier alpha value is -2.74. The van der Waals surface area contributed by atoms with Gasteiger partial charge in [-0.15, -0.1) is 11.3 Å². The van der Waals surface area contributed by atoms with Gasteiger partial charge in [-0.3, -0.25) is 4.79 Å². The summed E-state index contributed by atoms with van der Waals surface area (Å²) in [7, 11) is 1.62. The van der Waals surface area contributed by atoms with E-state index in [1.54, 1.807) is 23.3 Å². The number of para-hydroxylation sites is 2. The van der Waals surface area contributed by atoms with E-state index in [9.17, 15) is 9.59 Å². The molecule has 0 bridgehead atoms. The second-order valence-corrected chi connectivity index (χ2v) is 9.95. The van der Waals surface area contributed by atoms with Crippen molar-refractivity contribution in [1.82, 2.24) is 15.1 Å². The first kappa shape index (κ1) is 25.9. The van der Waals surface area contributed by atoms with E-state index in [2.05, 4.69) is 30.6 Å². The number of nitrogens with one attached hydrogen (secondary N) is 1. The van der Waals surface area contributed by atoms with Gasteiger partial charge in [0.2, 0.25) is 5.91 Å². The zero-order chi connectivity index (χ0) is 24.5. The maximum atomic E-state index is 13.5. The Morgan fingerprint density at radius 3 is 2.71 bits per heavy atom. The average Bonchev–Trinajstić information content (AvgIpc) is 3.32.